The predicted molar refractivity (Wildman–Crippen MR) is 118 cm³/mol. The Bertz CT molecular complexity index is 1170. The largest absolute Gasteiger partial charge is 0.280 e. The molecule has 3 rings (SSSR count). The van der Waals surface area contributed by atoms with E-state index < -0.39 is 20.0 Å². The minimum Gasteiger partial charge on any atom is -0.280 e. The summed E-state index contributed by atoms with van der Waals surface area (Å²) >= 11 is 2.13. The minimum atomic E-state index is -3.77. The van der Waals surface area contributed by atoms with E-state index in [0.717, 1.165) is 9.13 Å². The van der Waals surface area contributed by atoms with Crippen LogP contribution in [0.25, 0.3) is 0 Å². The summed E-state index contributed by atoms with van der Waals surface area (Å²) in [5.74, 6) is 0. The maximum Gasteiger partial charge on any atom is 0.261 e. The molecule has 0 saturated carbocycles. The highest BCUT2D eigenvalue weighted by molar-refractivity contribution is 14.1. The molecule has 0 spiro atoms. The normalized spacial score (nSPS) is 11.8. The first-order valence-corrected chi connectivity index (χ1v) is 12.2. The molecule has 0 saturated heterocycles. The monoisotopic (exact) mass is 528 g/mol. The SMILES string of the molecule is Cc1ccc(S(=O)(=O)Nc2ccc(S(=O)(=O)Nc3ccc(I)cc3)cc2)cc1. The van der Waals surface area contributed by atoms with Crippen molar-refractivity contribution in [2.24, 2.45) is 0 Å². The molecule has 0 aliphatic rings. The molecule has 3 aromatic rings. The van der Waals surface area contributed by atoms with Gasteiger partial charge in [-0.05, 0) is 90.2 Å². The van der Waals surface area contributed by atoms with Crippen LogP contribution in [0.1, 0.15) is 5.56 Å². The van der Waals surface area contributed by atoms with E-state index in [-0.39, 0.29) is 15.5 Å². The second-order valence-electron chi connectivity index (χ2n) is 6.06. The van der Waals surface area contributed by atoms with Crippen LogP contribution in [-0.2, 0) is 20.0 Å². The number of nitrogens with one attached hydrogen (secondary N) is 2. The minimum absolute atomic E-state index is 0.0318. The third-order valence-corrected chi connectivity index (χ3v) is 7.36. The maximum absolute atomic E-state index is 12.5. The second-order valence-corrected chi connectivity index (χ2v) is 10.7. The summed E-state index contributed by atoms with van der Waals surface area (Å²) in [5, 5.41) is 0. The number of aryl methyl sites for hydroxylation is 1. The molecule has 0 amide bonds. The number of rotatable bonds is 6. The van der Waals surface area contributed by atoms with Crippen molar-refractivity contribution in [2.45, 2.75) is 16.7 Å². The fourth-order valence-corrected chi connectivity index (χ4v) is 4.84. The first-order chi connectivity index (χ1) is 13.2. The molecule has 0 bridgehead atoms. The number of hydrogen-bond donors (Lipinski definition) is 2. The van der Waals surface area contributed by atoms with Crippen LogP contribution in [0.4, 0.5) is 11.4 Å². The molecule has 0 fully saturated rings. The quantitative estimate of drug-likeness (QED) is 0.470. The van der Waals surface area contributed by atoms with Gasteiger partial charge in [0.25, 0.3) is 20.0 Å². The molecular formula is C19H17IN2O4S2. The molecule has 0 aliphatic carbocycles. The summed E-state index contributed by atoms with van der Waals surface area (Å²) in [5.41, 5.74) is 1.67. The Morgan fingerprint density at radius 3 is 1.39 bits per heavy atom. The average Bonchev–Trinajstić information content (AvgIpc) is 2.64. The van der Waals surface area contributed by atoms with Crippen molar-refractivity contribution < 1.29 is 16.8 Å². The van der Waals surface area contributed by atoms with Crippen LogP contribution in [0.5, 0.6) is 0 Å². The Labute approximate surface area is 178 Å². The van der Waals surface area contributed by atoms with Crippen LogP contribution in [0.2, 0.25) is 0 Å². The predicted octanol–water partition coefficient (Wildman–Crippen LogP) is 4.20. The molecule has 3 aromatic carbocycles. The Morgan fingerprint density at radius 1 is 0.607 bits per heavy atom. The van der Waals surface area contributed by atoms with E-state index >= 15 is 0 Å². The molecule has 6 nitrogen and oxygen atoms in total. The van der Waals surface area contributed by atoms with Crippen molar-refractivity contribution in [3.05, 3.63) is 81.9 Å². The summed E-state index contributed by atoms with van der Waals surface area (Å²) in [6, 6.07) is 18.9. The molecule has 0 aliphatic heterocycles. The van der Waals surface area contributed by atoms with Crippen molar-refractivity contribution in [1.29, 1.82) is 0 Å². The molecule has 0 radical (unpaired) electrons. The van der Waals surface area contributed by atoms with Gasteiger partial charge in [0.1, 0.15) is 0 Å². The lowest BCUT2D eigenvalue weighted by Gasteiger charge is -2.11. The third kappa shape index (κ3) is 5.03. The Kier molecular flexibility index (Phi) is 5.96. The fourth-order valence-electron chi connectivity index (χ4n) is 2.37. The van der Waals surface area contributed by atoms with E-state index in [1.54, 1.807) is 36.4 Å². The van der Waals surface area contributed by atoms with Crippen LogP contribution in [0.15, 0.2) is 82.6 Å². The van der Waals surface area contributed by atoms with Crippen LogP contribution in [0, 0.1) is 10.5 Å². The lowest BCUT2D eigenvalue weighted by Crippen LogP contribution is -2.14. The highest BCUT2D eigenvalue weighted by Crippen LogP contribution is 2.21. The summed E-state index contributed by atoms with van der Waals surface area (Å²) in [6.45, 7) is 1.87. The summed E-state index contributed by atoms with van der Waals surface area (Å²) < 4.78 is 55.7. The van der Waals surface area contributed by atoms with Gasteiger partial charge in [0, 0.05) is 14.9 Å². The van der Waals surface area contributed by atoms with E-state index in [9.17, 15) is 16.8 Å². The average molecular weight is 528 g/mol. The molecule has 0 atom stereocenters. The van der Waals surface area contributed by atoms with E-state index in [0.29, 0.717) is 5.69 Å². The van der Waals surface area contributed by atoms with Crippen LogP contribution in [0.3, 0.4) is 0 Å². The van der Waals surface area contributed by atoms with Gasteiger partial charge in [0.2, 0.25) is 0 Å². The van der Waals surface area contributed by atoms with Crippen molar-refractivity contribution in [2.75, 3.05) is 9.44 Å². The number of halogens is 1. The molecule has 146 valence electrons. The first-order valence-electron chi connectivity index (χ1n) is 8.14. The topological polar surface area (TPSA) is 92.3 Å². The van der Waals surface area contributed by atoms with Gasteiger partial charge < -0.3 is 0 Å². The standard InChI is InChI=1S/C19H17IN2O4S2/c1-14-2-10-18(11-3-14)27(23,24)22-17-8-12-19(13-9-17)28(25,26)21-16-6-4-15(20)5-7-16/h2-13,21-22H,1H3. The number of hydrogen-bond acceptors (Lipinski definition) is 4. The van der Waals surface area contributed by atoms with Crippen molar-refractivity contribution >= 4 is 54.0 Å². The van der Waals surface area contributed by atoms with Crippen LogP contribution in [-0.4, -0.2) is 16.8 Å². The molecular weight excluding hydrogens is 511 g/mol. The highest BCUT2D eigenvalue weighted by atomic mass is 127. The molecule has 2 N–H and O–H groups in total. The lowest BCUT2D eigenvalue weighted by molar-refractivity contribution is 0.600. The fraction of sp³-hybridized carbons (Fsp3) is 0.0526. The zero-order chi connectivity index (χ0) is 20.4. The smallest absolute Gasteiger partial charge is 0.261 e. The van der Waals surface area contributed by atoms with Crippen molar-refractivity contribution in [3.8, 4) is 0 Å². The van der Waals surface area contributed by atoms with Gasteiger partial charge >= 0.3 is 0 Å². The van der Waals surface area contributed by atoms with E-state index in [1.165, 1.54) is 36.4 Å². The van der Waals surface area contributed by atoms with E-state index in [4.69, 9.17) is 0 Å². The molecule has 0 unspecified atom stereocenters. The van der Waals surface area contributed by atoms with Gasteiger partial charge in [-0.15, -0.1) is 0 Å². The number of anilines is 2. The zero-order valence-corrected chi connectivity index (χ0v) is 18.5. The molecule has 0 heterocycles. The third-order valence-electron chi connectivity index (χ3n) is 3.84. The zero-order valence-electron chi connectivity index (χ0n) is 14.8. The summed E-state index contributed by atoms with van der Waals surface area (Å²) in [7, 11) is -7.52. The Hall–Kier alpha value is -2.11. The number of benzene rings is 3. The van der Waals surface area contributed by atoms with E-state index in [1.807, 2.05) is 6.92 Å². The van der Waals surface area contributed by atoms with Gasteiger partial charge in [-0.25, -0.2) is 16.8 Å². The Morgan fingerprint density at radius 2 is 0.964 bits per heavy atom. The molecule has 28 heavy (non-hydrogen) atoms. The van der Waals surface area contributed by atoms with Crippen molar-refractivity contribution in [1.82, 2.24) is 0 Å². The van der Waals surface area contributed by atoms with Gasteiger partial charge in [-0.3, -0.25) is 9.44 Å². The van der Waals surface area contributed by atoms with Crippen LogP contribution >= 0.6 is 22.6 Å². The summed E-state index contributed by atoms with van der Waals surface area (Å²) in [6.07, 6.45) is 0. The molecule has 9 heteroatoms. The number of sulfonamides is 2. The van der Waals surface area contributed by atoms with Gasteiger partial charge in [0.05, 0.1) is 9.79 Å². The molecule has 0 aromatic heterocycles. The van der Waals surface area contributed by atoms with Crippen molar-refractivity contribution in [3.63, 3.8) is 0 Å². The maximum atomic E-state index is 12.5. The second kappa shape index (κ2) is 8.10. The lowest BCUT2D eigenvalue weighted by atomic mass is 10.2. The van der Waals surface area contributed by atoms with Gasteiger partial charge in [0.15, 0.2) is 0 Å². The van der Waals surface area contributed by atoms with Gasteiger partial charge in [-0.1, -0.05) is 17.7 Å². The van der Waals surface area contributed by atoms with Gasteiger partial charge in [-0.2, -0.15) is 0 Å². The van der Waals surface area contributed by atoms with Crippen LogP contribution < -0.4 is 9.44 Å². The van der Waals surface area contributed by atoms with E-state index in [2.05, 4.69) is 32.0 Å². The summed E-state index contributed by atoms with van der Waals surface area (Å²) in [4.78, 5) is 0.166. The Balaban J connectivity index is 1.77. The highest BCUT2D eigenvalue weighted by Gasteiger charge is 2.17. The first kappa shape index (κ1) is 20.6.